The van der Waals surface area contributed by atoms with Gasteiger partial charge in [0.1, 0.15) is 0 Å². The summed E-state index contributed by atoms with van der Waals surface area (Å²) in [6.45, 7) is 2.45. The minimum Gasteiger partial charge on any atom is -0.454 e. The Bertz CT molecular complexity index is 729. The average molecular weight is 280 g/mol. The van der Waals surface area contributed by atoms with Crippen LogP contribution >= 0.6 is 0 Å². The second kappa shape index (κ2) is 4.21. The zero-order chi connectivity index (χ0) is 13.8. The zero-order valence-corrected chi connectivity index (χ0v) is 11.7. The molecular weight excluding hydrogens is 264 g/mol. The predicted molar refractivity (Wildman–Crippen MR) is 77.4 cm³/mol. The van der Waals surface area contributed by atoms with Crippen molar-refractivity contribution in [3.63, 3.8) is 0 Å². The maximum atomic E-state index is 5.56. The highest BCUT2D eigenvalue weighted by atomic mass is 16.7. The lowest BCUT2D eigenvalue weighted by Gasteiger charge is -2.41. The fourth-order valence-electron chi connectivity index (χ4n) is 3.80. The van der Waals surface area contributed by atoms with Gasteiger partial charge in [0, 0.05) is 31.5 Å². The highest BCUT2D eigenvalue weighted by molar-refractivity contribution is 5.51. The van der Waals surface area contributed by atoms with Gasteiger partial charge in [0.25, 0.3) is 0 Å². The van der Waals surface area contributed by atoms with Gasteiger partial charge in [0.15, 0.2) is 11.5 Å². The Morgan fingerprint density at radius 2 is 2.00 bits per heavy atom. The number of pyridine rings is 1. The van der Waals surface area contributed by atoms with E-state index in [2.05, 4.69) is 28.1 Å². The van der Waals surface area contributed by atoms with Crippen molar-refractivity contribution in [1.82, 2.24) is 9.88 Å². The van der Waals surface area contributed by atoms with Crippen LogP contribution in [0.1, 0.15) is 28.3 Å². The van der Waals surface area contributed by atoms with Gasteiger partial charge >= 0.3 is 0 Å². The van der Waals surface area contributed by atoms with E-state index in [0.29, 0.717) is 12.8 Å². The van der Waals surface area contributed by atoms with Crippen molar-refractivity contribution in [1.29, 1.82) is 0 Å². The summed E-state index contributed by atoms with van der Waals surface area (Å²) < 4.78 is 11.1. The molecule has 5 rings (SSSR count). The Morgan fingerprint density at radius 1 is 1.10 bits per heavy atom. The molecule has 106 valence electrons. The summed E-state index contributed by atoms with van der Waals surface area (Å²) in [5.41, 5.74) is 5.63. The second-order valence-corrected chi connectivity index (χ2v) is 5.99. The summed E-state index contributed by atoms with van der Waals surface area (Å²) >= 11 is 0. The molecule has 1 unspecified atom stereocenters. The molecule has 0 amide bonds. The van der Waals surface area contributed by atoms with E-state index in [1.54, 1.807) is 0 Å². The lowest BCUT2D eigenvalue weighted by atomic mass is 9.84. The predicted octanol–water partition coefficient (Wildman–Crippen LogP) is 2.47. The molecule has 3 aliphatic rings. The molecule has 0 spiro atoms. The number of hydrogen-bond donors (Lipinski definition) is 0. The van der Waals surface area contributed by atoms with Crippen molar-refractivity contribution in [3.8, 4) is 11.5 Å². The van der Waals surface area contributed by atoms with E-state index in [-0.39, 0.29) is 0 Å². The van der Waals surface area contributed by atoms with Crippen LogP contribution in [0.4, 0.5) is 0 Å². The van der Waals surface area contributed by atoms with Crippen LogP contribution in [0.15, 0.2) is 30.6 Å². The van der Waals surface area contributed by atoms with Crippen LogP contribution in [0, 0.1) is 0 Å². The average Bonchev–Trinajstić information content (AvgIpc) is 2.98. The third-order valence-corrected chi connectivity index (χ3v) is 4.89. The molecule has 4 nitrogen and oxygen atoms in total. The molecule has 3 aliphatic heterocycles. The molecule has 4 heteroatoms. The standard InChI is InChI=1S/C17H16N2O2/c1-3-18-8-13-9-19-4-2-12-6-16-17(21-10-20-16)7-14(12)15(19)5-11(1)13/h1,3,6-8,15H,2,4-5,9-10H2. The Labute approximate surface area is 123 Å². The van der Waals surface area contributed by atoms with Crippen LogP contribution in [-0.4, -0.2) is 23.2 Å². The van der Waals surface area contributed by atoms with Gasteiger partial charge in [-0.3, -0.25) is 9.88 Å². The number of ether oxygens (including phenoxy) is 2. The zero-order valence-electron chi connectivity index (χ0n) is 11.7. The van der Waals surface area contributed by atoms with Crippen LogP contribution in [-0.2, 0) is 19.4 Å². The summed E-state index contributed by atoms with van der Waals surface area (Å²) in [5, 5.41) is 0. The van der Waals surface area contributed by atoms with Crippen LogP contribution in [0.3, 0.4) is 0 Å². The summed E-state index contributed by atoms with van der Waals surface area (Å²) in [4.78, 5) is 6.83. The quantitative estimate of drug-likeness (QED) is 0.742. The minimum absolute atomic E-state index is 0.348. The van der Waals surface area contributed by atoms with Crippen molar-refractivity contribution >= 4 is 0 Å². The summed E-state index contributed by atoms with van der Waals surface area (Å²) in [6, 6.07) is 6.99. The maximum absolute atomic E-state index is 5.56. The minimum atomic E-state index is 0.348. The van der Waals surface area contributed by atoms with Crippen LogP contribution in [0.2, 0.25) is 0 Å². The third-order valence-electron chi connectivity index (χ3n) is 4.89. The fraction of sp³-hybridized carbons (Fsp3) is 0.353. The molecule has 0 bridgehead atoms. The lowest BCUT2D eigenvalue weighted by molar-refractivity contribution is 0.160. The van der Waals surface area contributed by atoms with E-state index in [4.69, 9.17) is 9.47 Å². The molecular formula is C17H16N2O2. The van der Waals surface area contributed by atoms with Crippen molar-refractivity contribution in [2.75, 3.05) is 13.3 Å². The first kappa shape index (κ1) is 11.6. The highest BCUT2D eigenvalue weighted by Gasteiger charge is 2.33. The fourth-order valence-corrected chi connectivity index (χ4v) is 3.80. The van der Waals surface area contributed by atoms with Gasteiger partial charge in [-0.25, -0.2) is 0 Å². The topological polar surface area (TPSA) is 34.6 Å². The van der Waals surface area contributed by atoms with E-state index in [9.17, 15) is 0 Å². The monoisotopic (exact) mass is 280 g/mol. The highest BCUT2D eigenvalue weighted by Crippen LogP contribution is 2.43. The summed E-state index contributed by atoms with van der Waals surface area (Å²) in [7, 11) is 0. The Morgan fingerprint density at radius 3 is 2.95 bits per heavy atom. The van der Waals surface area contributed by atoms with Gasteiger partial charge in [-0.05, 0) is 53.3 Å². The molecule has 1 atom stereocenters. The lowest BCUT2D eigenvalue weighted by Crippen LogP contribution is -2.39. The molecule has 4 heterocycles. The second-order valence-electron chi connectivity index (χ2n) is 5.99. The van der Waals surface area contributed by atoms with Crippen molar-refractivity contribution in [2.45, 2.75) is 25.4 Å². The van der Waals surface area contributed by atoms with Gasteiger partial charge in [0.2, 0.25) is 6.79 Å². The van der Waals surface area contributed by atoms with Gasteiger partial charge in [-0.1, -0.05) is 0 Å². The van der Waals surface area contributed by atoms with Crippen molar-refractivity contribution in [3.05, 3.63) is 52.8 Å². The Balaban J connectivity index is 1.60. The Kier molecular flexibility index (Phi) is 2.32. The molecule has 2 aromatic rings. The Hall–Kier alpha value is -2.07. The molecule has 1 aromatic carbocycles. The molecule has 0 aliphatic carbocycles. The van der Waals surface area contributed by atoms with E-state index < -0.39 is 0 Å². The molecule has 0 N–H and O–H groups in total. The molecule has 21 heavy (non-hydrogen) atoms. The van der Waals surface area contributed by atoms with Crippen LogP contribution in [0.25, 0.3) is 0 Å². The SMILES string of the molecule is c1cc2c(cn1)CN1CCc3cc4c(cc3C1C2)OCO4. The number of aromatic nitrogens is 1. The van der Waals surface area contributed by atoms with E-state index in [1.807, 2.05) is 12.4 Å². The normalized spacial score (nSPS) is 22.4. The van der Waals surface area contributed by atoms with Gasteiger partial charge in [-0.15, -0.1) is 0 Å². The first-order valence-corrected chi connectivity index (χ1v) is 7.47. The van der Waals surface area contributed by atoms with E-state index >= 15 is 0 Å². The third kappa shape index (κ3) is 1.69. The number of hydrogen-bond acceptors (Lipinski definition) is 4. The van der Waals surface area contributed by atoms with Gasteiger partial charge < -0.3 is 9.47 Å². The summed E-state index contributed by atoms with van der Waals surface area (Å²) in [5.74, 6) is 1.80. The van der Waals surface area contributed by atoms with Crippen molar-refractivity contribution in [2.24, 2.45) is 0 Å². The maximum Gasteiger partial charge on any atom is 0.231 e. The van der Waals surface area contributed by atoms with Gasteiger partial charge in [-0.2, -0.15) is 0 Å². The first-order valence-electron chi connectivity index (χ1n) is 7.47. The van der Waals surface area contributed by atoms with Crippen LogP contribution in [0.5, 0.6) is 11.5 Å². The molecule has 0 radical (unpaired) electrons. The number of benzene rings is 1. The molecule has 0 saturated carbocycles. The summed E-state index contributed by atoms with van der Waals surface area (Å²) in [6.07, 6.45) is 6.06. The van der Waals surface area contributed by atoms with E-state index in [0.717, 1.165) is 37.4 Å². The smallest absolute Gasteiger partial charge is 0.231 e. The molecule has 0 saturated heterocycles. The number of nitrogens with zero attached hydrogens (tertiary/aromatic N) is 2. The largest absolute Gasteiger partial charge is 0.454 e. The van der Waals surface area contributed by atoms with E-state index in [1.165, 1.54) is 22.3 Å². The number of rotatable bonds is 0. The van der Waals surface area contributed by atoms with Crippen molar-refractivity contribution < 1.29 is 9.47 Å². The van der Waals surface area contributed by atoms with Crippen LogP contribution < -0.4 is 9.47 Å². The molecule has 0 fully saturated rings. The number of fused-ring (bicyclic) bond motifs is 5. The molecule has 1 aromatic heterocycles. The van der Waals surface area contributed by atoms with Gasteiger partial charge in [0.05, 0.1) is 0 Å². The first-order chi connectivity index (χ1) is 10.4.